The molecule has 1 aliphatic heterocycles. The molecule has 0 saturated heterocycles. The second-order valence-corrected chi connectivity index (χ2v) is 4.39. The Morgan fingerprint density at radius 1 is 1.41 bits per heavy atom. The van der Waals surface area contributed by atoms with E-state index >= 15 is 0 Å². The summed E-state index contributed by atoms with van der Waals surface area (Å²) in [4.78, 5) is 0. The van der Waals surface area contributed by atoms with E-state index in [0.717, 1.165) is 24.2 Å². The van der Waals surface area contributed by atoms with Crippen LogP contribution in [-0.4, -0.2) is 6.04 Å². The Balaban J connectivity index is 2.37. The maximum atomic E-state index is 12.6. The monoisotopic (exact) mass is 244 g/mol. The molecule has 0 amide bonds. The lowest BCUT2D eigenvalue weighted by Gasteiger charge is -2.31. The van der Waals surface area contributed by atoms with Gasteiger partial charge in [-0.3, -0.25) is 0 Å². The van der Waals surface area contributed by atoms with Gasteiger partial charge in [-0.05, 0) is 36.6 Å². The molecule has 1 aromatic rings. The third-order valence-corrected chi connectivity index (χ3v) is 3.17. The molecule has 0 aromatic heterocycles. The van der Waals surface area contributed by atoms with Crippen LogP contribution < -0.4 is 11.1 Å². The topological polar surface area (TPSA) is 38.0 Å². The molecule has 1 aromatic carbocycles. The Morgan fingerprint density at radius 2 is 2.12 bits per heavy atom. The van der Waals surface area contributed by atoms with Crippen LogP contribution in [0.3, 0.4) is 0 Å². The zero-order chi connectivity index (χ0) is 12.6. The second kappa shape index (κ2) is 4.22. The molecule has 1 heterocycles. The van der Waals surface area contributed by atoms with Gasteiger partial charge in [-0.1, -0.05) is 6.92 Å². The molecule has 17 heavy (non-hydrogen) atoms. The minimum absolute atomic E-state index is 0.245. The third-order valence-electron chi connectivity index (χ3n) is 3.17. The van der Waals surface area contributed by atoms with Crippen LogP contribution in [0.5, 0.6) is 0 Å². The standard InChI is InChI=1S/C12H15F3N2/c1-2-8-6-10(16)9-5-7(12(13,14)15)3-4-11(9)17-8/h3-5,8,10,17H,2,6,16H2,1H3. The molecule has 3 N–H and O–H groups in total. The van der Waals surface area contributed by atoms with Crippen molar-refractivity contribution < 1.29 is 13.2 Å². The second-order valence-electron chi connectivity index (χ2n) is 4.39. The summed E-state index contributed by atoms with van der Waals surface area (Å²) in [6, 6.07) is 3.64. The number of hydrogen-bond donors (Lipinski definition) is 2. The van der Waals surface area contributed by atoms with Crippen molar-refractivity contribution in [1.29, 1.82) is 0 Å². The number of hydrogen-bond acceptors (Lipinski definition) is 2. The molecule has 5 heteroatoms. The fraction of sp³-hybridized carbons (Fsp3) is 0.500. The molecule has 0 bridgehead atoms. The van der Waals surface area contributed by atoms with Gasteiger partial charge in [-0.15, -0.1) is 0 Å². The highest BCUT2D eigenvalue weighted by molar-refractivity contribution is 5.57. The molecule has 2 atom stereocenters. The maximum Gasteiger partial charge on any atom is 0.416 e. The molecule has 2 rings (SSSR count). The van der Waals surface area contributed by atoms with Crippen molar-refractivity contribution in [2.24, 2.45) is 5.73 Å². The smallest absolute Gasteiger partial charge is 0.382 e. The van der Waals surface area contributed by atoms with Gasteiger partial charge in [0.2, 0.25) is 0 Å². The first-order chi connectivity index (χ1) is 7.91. The number of alkyl halides is 3. The van der Waals surface area contributed by atoms with Crippen molar-refractivity contribution in [2.45, 2.75) is 38.0 Å². The Morgan fingerprint density at radius 3 is 2.71 bits per heavy atom. The van der Waals surface area contributed by atoms with Crippen molar-refractivity contribution in [1.82, 2.24) is 0 Å². The first-order valence-corrected chi connectivity index (χ1v) is 5.65. The van der Waals surface area contributed by atoms with Crippen molar-refractivity contribution in [2.75, 3.05) is 5.32 Å². The van der Waals surface area contributed by atoms with Crippen molar-refractivity contribution in [3.8, 4) is 0 Å². The predicted molar refractivity (Wildman–Crippen MR) is 60.7 cm³/mol. The van der Waals surface area contributed by atoms with Crippen molar-refractivity contribution in [3.05, 3.63) is 29.3 Å². The number of halogens is 3. The molecule has 0 saturated carbocycles. The highest BCUT2D eigenvalue weighted by atomic mass is 19.4. The molecule has 1 aliphatic rings. The average molecular weight is 244 g/mol. The Labute approximate surface area is 98.0 Å². The third kappa shape index (κ3) is 2.39. The van der Waals surface area contributed by atoms with Gasteiger partial charge in [0.15, 0.2) is 0 Å². The average Bonchev–Trinajstić information content (AvgIpc) is 2.27. The first kappa shape index (κ1) is 12.2. The van der Waals surface area contributed by atoms with Gasteiger partial charge in [0.1, 0.15) is 0 Å². The molecule has 94 valence electrons. The number of benzene rings is 1. The summed E-state index contributed by atoms with van der Waals surface area (Å²) < 4.78 is 37.7. The number of nitrogens with one attached hydrogen (secondary N) is 1. The van der Waals surface area contributed by atoms with E-state index < -0.39 is 11.7 Å². The minimum atomic E-state index is -4.31. The molecular formula is C12H15F3N2. The zero-order valence-electron chi connectivity index (χ0n) is 9.51. The van der Waals surface area contributed by atoms with Gasteiger partial charge in [-0.2, -0.15) is 13.2 Å². The van der Waals surface area contributed by atoms with E-state index in [-0.39, 0.29) is 12.1 Å². The Hall–Kier alpha value is -1.23. The molecule has 0 radical (unpaired) electrons. The lowest BCUT2D eigenvalue weighted by molar-refractivity contribution is -0.137. The largest absolute Gasteiger partial charge is 0.416 e. The lowest BCUT2D eigenvalue weighted by atomic mass is 9.91. The van der Waals surface area contributed by atoms with Gasteiger partial charge >= 0.3 is 6.18 Å². The fourth-order valence-electron chi connectivity index (χ4n) is 2.16. The quantitative estimate of drug-likeness (QED) is 0.795. The zero-order valence-corrected chi connectivity index (χ0v) is 9.51. The summed E-state index contributed by atoms with van der Waals surface area (Å²) in [7, 11) is 0. The van der Waals surface area contributed by atoms with E-state index in [1.165, 1.54) is 6.07 Å². The van der Waals surface area contributed by atoms with Gasteiger partial charge in [0.05, 0.1) is 5.56 Å². The Kier molecular flexibility index (Phi) is 3.03. The van der Waals surface area contributed by atoms with Crippen LogP contribution in [0, 0.1) is 0 Å². The van der Waals surface area contributed by atoms with Crippen LogP contribution in [0.25, 0.3) is 0 Å². The highest BCUT2D eigenvalue weighted by Crippen LogP contribution is 2.37. The van der Waals surface area contributed by atoms with E-state index in [1.54, 1.807) is 0 Å². The number of nitrogens with two attached hydrogens (primary N) is 1. The first-order valence-electron chi connectivity index (χ1n) is 5.65. The summed E-state index contributed by atoms with van der Waals surface area (Å²) in [5.41, 5.74) is 6.57. The van der Waals surface area contributed by atoms with Gasteiger partial charge in [0, 0.05) is 17.8 Å². The van der Waals surface area contributed by atoms with E-state index in [2.05, 4.69) is 5.32 Å². The van der Waals surface area contributed by atoms with Crippen molar-refractivity contribution >= 4 is 5.69 Å². The van der Waals surface area contributed by atoms with Crippen LogP contribution in [0.1, 0.15) is 36.9 Å². The van der Waals surface area contributed by atoms with E-state index in [0.29, 0.717) is 12.0 Å². The van der Waals surface area contributed by atoms with E-state index in [9.17, 15) is 13.2 Å². The van der Waals surface area contributed by atoms with Crippen LogP contribution in [0.4, 0.5) is 18.9 Å². The maximum absolute atomic E-state index is 12.6. The predicted octanol–water partition coefficient (Wildman–Crippen LogP) is 3.30. The summed E-state index contributed by atoms with van der Waals surface area (Å²) in [6.45, 7) is 2.03. The van der Waals surface area contributed by atoms with Gasteiger partial charge in [-0.25, -0.2) is 0 Å². The summed E-state index contributed by atoms with van der Waals surface area (Å²) in [6.07, 6.45) is -2.73. The SMILES string of the molecule is CCC1CC(N)c2cc(C(F)(F)F)ccc2N1. The number of anilines is 1. The van der Waals surface area contributed by atoms with Crippen LogP contribution >= 0.6 is 0 Å². The van der Waals surface area contributed by atoms with Crippen LogP contribution in [-0.2, 0) is 6.18 Å². The fourth-order valence-corrected chi connectivity index (χ4v) is 2.16. The molecule has 0 spiro atoms. The number of fused-ring (bicyclic) bond motifs is 1. The lowest BCUT2D eigenvalue weighted by Crippen LogP contribution is -2.31. The summed E-state index contributed by atoms with van der Waals surface area (Å²) in [5.74, 6) is 0. The normalized spacial score (nSPS) is 24.1. The van der Waals surface area contributed by atoms with Gasteiger partial charge < -0.3 is 11.1 Å². The molecule has 0 aliphatic carbocycles. The molecule has 2 unspecified atom stereocenters. The van der Waals surface area contributed by atoms with E-state index in [4.69, 9.17) is 5.73 Å². The molecule has 0 fully saturated rings. The van der Waals surface area contributed by atoms with Crippen LogP contribution in [0.2, 0.25) is 0 Å². The van der Waals surface area contributed by atoms with Crippen molar-refractivity contribution in [3.63, 3.8) is 0 Å². The highest BCUT2D eigenvalue weighted by Gasteiger charge is 2.32. The Bertz CT molecular complexity index is 415. The summed E-state index contributed by atoms with van der Waals surface area (Å²) in [5, 5.41) is 3.21. The number of rotatable bonds is 1. The molecule has 2 nitrogen and oxygen atoms in total. The van der Waals surface area contributed by atoms with Gasteiger partial charge in [0.25, 0.3) is 0 Å². The van der Waals surface area contributed by atoms with E-state index in [1.807, 2.05) is 6.92 Å². The van der Waals surface area contributed by atoms with Crippen LogP contribution in [0.15, 0.2) is 18.2 Å². The minimum Gasteiger partial charge on any atom is -0.382 e. The summed E-state index contributed by atoms with van der Waals surface area (Å²) >= 11 is 0. The molecular weight excluding hydrogens is 229 g/mol.